The van der Waals surface area contributed by atoms with Gasteiger partial charge in [0.25, 0.3) is 5.56 Å². The molecule has 4 aromatic rings. The van der Waals surface area contributed by atoms with Crippen LogP contribution in [0.1, 0.15) is 11.4 Å². The number of hydrogen-bond acceptors (Lipinski definition) is 6. The Bertz CT molecular complexity index is 1360. The summed E-state index contributed by atoms with van der Waals surface area (Å²) in [5, 5.41) is 0.626. The highest BCUT2D eigenvalue weighted by Gasteiger charge is 2.22. The second-order valence-electron chi connectivity index (χ2n) is 8.39. The molecular formula is C26H26N4O3S. The van der Waals surface area contributed by atoms with Crippen molar-refractivity contribution in [1.29, 1.82) is 0 Å². The maximum absolute atomic E-state index is 12.8. The Hall–Kier alpha value is -3.49. The number of aromatic nitrogens is 2. The maximum atomic E-state index is 12.8. The number of nitrogens with zero attached hydrogens (tertiary/aromatic N) is 3. The van der Waals surface area contributed by atoms with Gasteiger partial charge in [0.2, 0.25) is 5.91 Å². The molecule has 0 bridgehead atoms. The summed E-state index contributed by atoms with van der Waals surface area (Å²) in [5.41, 5.74) is 1.93. The number of hydrogen-bond donors (Lipinski definition) is 1. The molecule has 5 rings (SSSR count). The van der Waals surface area contributed by atoms with Gasteiger partial charge in [0.1, 0.15) is 16.4 Å². The Morgan fingerprint density at radius 2 is 1.85 bits per heavy atom. The Kier molecular flexibility index (Phi) is 6.42. The van der Waals surface area contributed by atoms with Crippen LogP contribution in [-0.2, 0) is 17.8 Å². The predicted octanol–water partition coefficient (Wildman–Crippen LogP) is 3.55. The molecule has 7 nitrogen and oxygen atoms in total. The molecule has 1 N–H and O–H groups in total. The van der Waals surface area contributed by atoms with Crippen molar-refractivity contribution in [1.82, 2.24) is 19.8 Å². The van der Waals surface area contributed by atoms with Crippen molar-refractivity contribution in [3.8, 4) is 16.2 Å². The molecule has 3 heterocycles. The number of piperazine rings is 1. The average Bonchev–Trinajstić information content (AvgIpc) is 3.30. The van der Waals surface area contributed by atoms with Crippen molar-refractivity contribution < 1.29 is 9.53 Å². The van der Waals surface area contributed by atoms with Gasteiger partial charge in [-0.15, -0.1) is 11.3 Å². The Morgan fingerprint density at radius 3 is 2.62 bits per heavy atom. The fraction of sp³-hybridized carbons (Fsp3) is 0.269. The molecule has 0 radical (unpaired) electrons. The normalized spacial score (nSPS) is 14.4. The zero-order chi connectivity index (χ0) is 23.5. The molecule has 1 amide bonds. The lowest BCUT2D eigenvalue weighted by Gasteiger charge is -2.34. The third-order valence-corrected chi connectivity index (χ3v) is 7.18. The van der Waals surface area contributed by atoms with Crippen molar-refractivity contribution in [2.45, 2.75) is 13.0 Å². The Morgan fingerprint density at radius 1 is 1.06 bits per heavy atom. The van der Waals surface area contributed by atoms with Gasteiger partial charge in [0.15, 0.2) is 0 Å². The standard InChI is InChI=1S/C26H26N4O3S/c1-33-20-9-5-6-18(14-20)15-24(31)30-12-10-29(11-13-30)17-23-27-25(32)21-16-22(34-26(21)28-23)19-7-3-2-4-8-19/h2-9,14,16H,10-13,15,17H2,1H3,(H,27,28,32). The van der Waals surface area contributed by atoms with E-state index < -0.39 is 0 Å². The molecule has 0 spiro atoms. The van der Waals surface area contributed by atoms with Crippen LogP contribution in [-0.4, -0.2) is 59.0 Å². The smallest absolute Gasteiger partial charge is 0.259 e. The number of methoxy groups -OCH3 is 1. The number of rotatable bonds is 6. The number of carbonyl (C=O) groups excluding carboxylic acids is 1. The summed E-state index contributed by atoms with van der Waals surface area (Å²) in [6.45, 7) is 3.36. The van der Waals surface area contributed by atoms with Gasteiger partial charge in [0.05, 0.1) is 25.5 Å². The first-order chi connectivity index (χ1) is 16.6. The highest BCUT2D eigenvalue weighted by Crippen LogP contribution is 2.30. The van der Waals surface area contributed by atoms with Gasteiger partial charge in [-0.2, -0.15) is 0 Å². The number of ether oxygens (including phenoxy) is 1. The molecule has 1 fully saturated rings. The van der Waals surface area contributed by atoms with Crippen molar-refractivity contribution in [3.05, 3.63) is 82.4 Å². The quantitative estimate of drug-likeness (QED) is 0.462. The SMILES string of the molecule is COc1cccc(CC(=O)N2CCN(Cc3nc4sc(-c5ccccc5)cc4c(=O)[nH]3)CC2)c1. The number of thiophene rings is 1. The number of nitrogens with one attached hydrogen (secondary N) is 1. The van der Waals surface area contributed by atoms with Gasteiger partial charge in [-0.3, -0.25) is 14.5 Å². The van der Waals surface area contributed by atoms with Crippen LogP contribution in [0, 0.1) is 0 Å². The first kappa shape index (κ1) is 22.3. The number of amides is 1. The highest BCUT2D eigenvalue weighted by atomic mass is 32.1. The minimum absolute atomic E-state index is 0.106. The minimum Gasteiger partial charge on any atom is -0.497 e. The van der Waals surface area contributed by atoms with Crippen LogP contribution in [0.3, 0.4) is 0 Å². The molecule has 0 atom stereocenters. The third kappa shape index (κ3) is 4.88. The van der Waals surface area contributed by atoms with Crippen LogP contribution < -0.4 is 10.3 Å². The van der Waals surface area contributed by atoms with Crippen molar-refractivity contribution >= 4 is 27.5 Å². The minimum atomic E-state index is -0.106. The number of aromatic amines is 1. The van der Waals surface area contributed by atoms with Gasteiger partial charge in [-0.05, 0) is 29.3 Å². The molecule has 1 saturated heterocycles. The van der Waals surface area contributed by atoms with Crippen LogP contribution in [0.4, 0.5) is 0 Å². The number of fused-ring (bicyclic) bond motifs is 1. The van der Waals surface area contributed by atoms with E-state index in [1.54, 1.807) is 7.11 Å². The summed E-state index contributed by atoms with van der Waals surface area (Å²) in [6.07, 6.45) is 0.366. The molecule has 1 aliphatic heterocycles. The summed E-state index contributed by atoms with van der Waals surface area (Å²) >= 11 is 1.54. The van der Waals surface area contributed by atoms with Crippen LogP contribution in [0.15, 0.2) is 65.5 Å². The van der Waals surface area contributed by atoms with Crippen LogP contribution in [0.5, 0.6) is 5.75 Å². The number of carbonyl (C=O) groups is 1. The van der Waals surface area contributed by atoms with Crippen LogP contribution >= 0.6 is 11.3 Å². The highest BCUT2D eigenvalue weighted by molar-refractivity contribution is 7.21. The van der Waals surface area contributed by atoms with Gasteiger partial charge >= 0.3 is 0 Å². The number of H-pyrrole nitrogens is 1. The largest absolute Gasteiger partial charge is 0.497 e. The van der Waals surface area contributed by atoms with Gasteiger partial charge in [0, 0.05) is 31.1 Å². The second kappa shape index (κ2) is 9.79. The Labute approximate surface area is 201 Å². The monoisotopic (exact) mass is 474 g/mol. The van der Waals surface area contributed by atoms with E-state index in [2.05, 4.69) is 9.88 Å². The molecule has 0 aliphatic carbocycles. The van der Waals surface area contributed by atoms with E-state index >= 15 is 0 Å². The van der Waals surface area contributed by atoms with Gasteiger partial charge in [-0.25, -0.2) is 4.98 Å². The molecular weight excluding hydrogens is 448 g/mol. The molecule has 2 aromatic heterocycles. The van der Waals surface area contributed by atoms with Crippen LogP contribution in [0.25, 0.3) is 20.7 Å². The van der Waals surface area contributed by atoms with E-state index in [0.717, 1.165) is 39.7 Å². The summed E-state index contributed by atoms with van der Waals surface area (Å²) in [5.74, 6) is 1.54. The topological polar surface area (TPSA) is 78.5 Å². The van der Waals surface area contributed by atoms with Crippen molar-refractivity contribution in [2.75, 3.05) is 33.3 Å². The van der Waals surface area contributed by atoms with E-state index in [1.807, 2.05) is 65.6 Å². The lowest BCUT2D eigenvalue weighted by Crippen LogP contribution is -2.49. The summed E-state index contributed by atoms with van der Waals surface area (Å²) in [7, 11) is 1.63. The average molecular weight is 475 g/mol. The van der Waals surface area contributed by atoms with E-state index in [0.29, 0.717) is 37.3 Å². The zero-order valence-corrected chi connectivity index (χ0v) is 19.8. The third-order valence-electron chi connectivity index (χ3n) is 6.10. The summed E-state index contributed by atoms with van der Waals surface area (Å²) < 4.78 is 5.25. The number of benzene rings is 2. The lowest BCUT2D eigenvalue weighted by atomic mass is 10.1. The molecule has 0 saturated carbocycles. The van der Waals surface area contributed by atoms with E-state index in [4.69, 9.17) is 9.72 Å². The second-order valence-corrected chi connectivity index (χ2v) is 9.42. The lowest BCUT2D eigenvalue weighted by molar-refractivity contribution is -0.132. The fourth-order valence-corrected chi connectivity index (χ4v) is 5.29. The van der Waals surface area contributed by atoms with E-state index in [9.17, 15) is 9.59 Å². The molecule has 2 aromatic carbocycles. The van der Waals surface area contributed by atoms with Gasteiger partial charge in [-0.1, -0.05) is 42.5 Å². The predicted molar refractivity (Wildman–Crippen MR) is 134 cm³/mol. The molecule has 34 heavy (non-hydrogen) atoms. The molecule has 8 heteroatoms. The summed E-state index contributed by atoms with van der Waals surface area (Å²) in [6, 6.07) is 19.6. The van der Waals surface area contributed by atoms with Crippen molar-refractivity contribution in [2.24, 2.45) is 0 Å². The molecule has 1 aliphatic rings. The summed E-state index contributed by atoms with van der Waals surface area (Å²) in [4.78, 5) is 39.0. The maximum Gasteiger partial charge on any atom is 0.259 e. The first-order valence-electron chi connectivity index (χ1n) is 11.3. The van der Waals surface area contributed by atoms with E-state index in [1.165, 1.54) is 11.3 Å². The van der Waals surface area contributed by atoms with Gasteiger partial charge < -0.3 is 14.6 Å². The zero-order valence-electron chi connectivity index (χ0n) is 19.0. The fourth-order valence-electron chi connectivity index (χ4n) is 4.23. The Balaban J connectivity index is 1.21. The van der Waals surface area contributed by atoms with Crippen LogP contribution in [0.2, 0.25) is 0 Å². The van der Waals surface area contributed by atoms with E-state index in [-0.39, 0.29) is 11.5 Å². The first-order valence-corrected chi connectivity index (χ1v) is 12.1. The molecule has 174 valence electrons. The molecule has 0 unspecified atom stereocenters. The van der Waals surface area contributed by atoms with Crippen molar-refractivity contribution in [3.63, 3.8) is 0 Å².